The van der Waals surface area contributed by atoms with Crippen LogP contribution in [0.25, 0.3) is 0 Å². The van der Waals surface area contributed by atoms with E-state index >= 15 is 0 Å². The Morgan fingerprint density at radius 3 is 2.55 bits per heavy atom. The van der Waals surface area contributed by atoms with Crippen LogP contribution in [0.1, 0.15) is 20.3 Å². The van der Waals surface area contributed by atoms with E-state index in [9.17, 15) is 24.3 Å². The highest BCUT2D eigenvalue weighted by Crippen LogP contribution is 2.10. The molecule has 0 bridgehead atoms. The molecule has 0 aromatic rings. The molecule has 112 valence electrons. The van der Waals surface area contributed by atoms with Gasteiger partial charge in [0.05, 0.1) is 6.10 Å². The third-order valence-corrected chi connectivity index (χ3v) is 2.93. The number of carboxylic acids is 1. The molecule has 1 fully saturated rings. The molecule has 20 heavy (non-hydrogen) atoms. The number of carbonyl (C=O) groups excluding carboxylic acids is 3. The standard InChI is InChI=1S/C11H17N3O6/c1-3-6-9(17)12-7(16)4-14(6)11(20)13-8(5(2)15)10(18)19/h5-6,8,15H,3-4H2,1-2H3,(H,13,20)(H,18,19)(H,12,16,17)/t5-,6?,8+/m1/s1. The minimum Gasteiger partial charge on any atom is -0.480 e. The first-order valence-electron chi connectivity index (χ1n) is 6.09. The van der Waals surface area contributed by atoms with Crippen LogP contribution in [0.5, 0.6) is 0 Å². The summed E-state index contributed by atoms with van der Waals surface area (Å²) < 4.78 is 0. The van der Waals surface area contributed by atoms with Gasteiger partial charge in [0, 0.05) is 0 Å². The van der Waals surface area contributed by atoms with Crippen LogP contribution >= 0.6 is 0 Å². The molecule has 0 radical (unpaired) electrons. The Labute approximate surface area is 114 Å². The van der Waals surface area contributed by atoms with E-state index in [-0.39, 0.29) is 13.0 Å². The number of imide groups is 1. The van der Waals surface area contributed by atoms with E-state index in [0.717, 1.165) is 4.90 Å². The Balaban J connectivity index is 2.85. The number of carbonyl (C=O) groups is 4. The summed E-state index contributed by atoms with van der Waals surface area (Å²) in [6.45, 7) is 2.52. The number of aliphatic hydroxyl groups is 1. The highest BCUT2D eigenvalue weighted by molar-refractivity contribution is 6.04. The average Bonchev–Trinajstić information content (AvgIpc) is 2.33. The Morgan fingerprint density at radius 2 is 2.10 bits per heavy atom. The van der Waals surface area contributed by atoms with Gasteiger partial charge >= 0.3 is 12.0 Å². The van der Waals surface area contributed by atoms with E-state index in [1.807, 2.05) is 0 Å². The Morgan fingerprint density at radius 1 is 1.50 bits per heavy atom. The van der Waals surface area contributed by atoms with Crippen LogP contribution in [0.4, 0.5) is 4.79 Å². The molecular weight excluding hydrogens is 270 g/mol. The van der Waals surface area contributed by atoms with Gasteiger partial charge in [0.1, 0.15) is 12.6 Å². The summed E-state index contributed by atoms with van der Waals surface area (Å²) in [6.07, 6.45) is -1.04. The smallest absolute Gasteiger partial charge is 0.328 e. The Bertz CT molecular complexity index is 436. The topological polar surface area (TPSA) is 136 Å². The number of urea groups is 1. The highest BCUT2D eigenvalue weighted by Gasteiger charge is 2.37. The average molecular weight is 287 g/mol. The van der Waals surface area contributed by atoms with Crippen molar-refractivity contribution in [1.29, 1.82) is 0 Å². The molecule has 1 aliphatic rings. The molecule has 1 saturated heterocycles. The number of rotatable bonds is 4. The van der Waals surface area contributed by atoms with Crippen molar-refractivity contribution in [3.8, 4) is 0 Å². The van der Waals surface area contributed by atoms with Gasteiger partial charge in [-0.3, -0.25) is 14.9 Å². The number of hydrogen-bond acceptors (Lipinski definition) is 5. The van der Waals surface area contributed by atoms with Gasteiger partial charge in [-0.25, -0.2) is 9.59 Å². The number of aliphatic carboxylic acids is 1. The SMILES string of the molecule is CCC1C(=O)NC(=O)CN1C(=O)N[C@H](C(=O)O)[C@@H](C)O. The fraction of sp³-hybridized carbons (Fsp3) is 0.636. The van der Waals surface area contributed by atoms with Crippen LogP contribution in [-0.4, -0.2) is 63.7 Å². The molecule has 1 aliphatic heterocycles. The van der Waals surface area contributed by atoms with E-state index in [2.05, 4.69) is 10.6 Å². The van der Waals surface area contributed by atoms with Crippen molar-refractivity contribution in [1.82, 2.24) is 15.5 Å². The summed E-state index contributed by atoms with van der Waals surface area (Å²) >= 11 is 0. The number of hydrogen-bond donors (Lipinski definition) is 4. The first kappa shape index (κ1) is 15.9. The maximum Gasteiger partial charge on any atom is 0.328 e. The zero-order valence-corrected chi connectivity index (χ0v) is 11.1. The molecule has 1 unspecified atom stereocenters. The maximum atomic E-state index is 12.0. The Hall–Kier alpha value is -2.16. The van der Waals surface area contributed by atoms with Gasteiger partial charge in [-0.15, -0.1) is 0 Å². The first-order chi connectivity index (χ1) is 9.27. The number of aliphatic hydroxyl groups excluding tert-OH is 1. The lowest BCUT2D eigenvalue weighted by atomic mass is 10.1. The predicted octanol–water partition coefficient (Wildman–Crippen LogP) is -1.73. The predicted molar refractivity (Wildman–Crippen MR) is 65.6 cm³/mol. The van der Waals surface area contributed by atoms with Crippen molar-refractivity contribution in [3.05, 3.63) is 0 Å². The Kier molecular flexibility index (Phi) is 5.03. The van der Waals surface area contributed by atoms with Crippen LogP contribution in [-0.2, 0) is 14.4 Å². The van der Waals surface area contributed by atoms with Gasteiger partial charge in [-0.1, -0.05) is 6.92 Å². The van der Waals surface area contributed by atoms with Crippen molar-refractivity contribution in [3.63, 3.8) is 0 Å². The van der Waals surface area contributed by atoms with Gasteiger partial charge < -0.3 is 20.4 Å². The summed E-state index contributed by atoms with van der Waals surface area (Å²) in [4.78, 5) is 46.7. The molecule has 9 nitrogen and oxygen atoms in total. The number of carboxylic acid groups (broad SMARTS) is 1. The molecule has 0 aromatic heterocycles. The lowest BCUT2D eigenvalue weighted by Crippen LogP contribution is -2.63. The quantitative estimate of drug-likeness (QED) is 0.453. The number of piperazine rings is 1. The van der Waals surface area contributed by atoms with Crippen LogP contribution in [0.3, 0.4) is 0 Å². The minimum absolute atomic E-state index is 0.277. The lowest BCUT2D eigenvalue weighted by molar-refractivity contribution is -0.141. The van der Waals surface area contributed by atoms with Crippen LogP contribution < -0.4 is 10.6 Å². The number of nitrogens with zero attached hydrogens (tertiary/aromatic N) is 1. The summed E-state index contributed by atoms with van der Waals surface area (Å²) in [6, 6.07) is -3.25. The number of amides is 4. The minimum atomic E-state index is -1.51. The zero-order chi connectivity index (χ0) is 15.4. The van der Waals surface area contributed by atoms with Crippen LogP contribution in [0.15, 0.2) is 0 Å². The van der Waals surface area contributed by atoms with Crippen molar-refractivity contribution in [2.45, 2.75) is 38.5 Å². The molecule has 4 N–H and O–H groups in total. The second-order valence-corrected chi connectivity index (χ2v) is 4.47. The normalized spacial score (nSPS) is 21.9. The summed E-state index contributed by atoms with van der Waals surface area (Å²) in [5.41, 5.74) is 0. The molecule has 3 atom stereocenters. The van der Waals surface area contributed by atoms with Gasteiger partial charge in [0.25, 0.3) is 0 Å². The lowest BCUT2D eigenvalue weighted by Gasteiger charge is -2.34. The second-order valence-electron chi connectivity index (χ2n) is 4.47. The molecular formula is C11H17N3O6. The monoisotopic (exact) mass is 287 g/mol. The molecule has 1 rings (SSSR count). The number of nitrogens with one attached hydrogen (secondary N) is 2. The van der Waals surface area contributed by atoms with Crippen molar-refractivity contribution >= 4 is 23.8 Å². The van der Waals surface area contributed by atoms with E-state index in [0.29, 0.717) is 0 Å². The van der Waals surface area contributed by atoms with Gasteiger partial charge in [0.2, 0.25) is 11.8 Å². The molecule has 4 amide bonds. The van der Waals surface area contributed by atoms with E-state index in [4.69, 9.17) is 5.11 Å². The fourth-order valence-corrected chi connectivity index (χ4v) is 1.89. The van der Waals surface area contributed by atoms with E-state index in [1.165, 1.54) is 6.92 Å². The largest absolute Gasteiger partial charge is 0.480 e. The third kappa shape index (κ3) is 3.44. The van der Waals surface area contributed by atoms with E-state index < -0.39 is 42.0 Å². The van der Waals surface area contributed by atoms with Crippen molar-refractivity contribution in [2.24, 2.45) is 0 Å². The summed E-state index contributed by atoms with van der Waals surface area (Å²) in [5, 5.41) is 22.4. The van der Waals surface area contributed by atoms with E-state index in [1.54, 1.807) is 6.92 Å². The molecule has 0 spiro atoms. The molecule has 0 aromatic carbocycles. The van der Waals surface area contributed by atoms with Gasteiger partial charge in [0.15, 0.2) is 6.04 Å². The molecule has 9 heteroatoms. The third-order valence-electron chi connectivity index (χ3n) is 2.93. The van der Waals surface area contributed by atoms with Crippen LogP contribution in [0.2, 0.25) is 0 Å². The zero-order valence-electron chi connectivity index (χ0n) is 11.1. The summed E-state index contributed by atoms with van der Waals surface area (Å²) in [5.74, 6) is -2.66. The maximum absolute atomic E-state index is 12.0. The first-order valence-corrected chi connectivity index (χ1v) is 6.09. The van der Waals surface area contributed by atoms with Gasteiger partial charge in [-0.2, -0.15) is 0 Å². The molecule has 0 saturated carbocycles. The van der Waals surface area contributed by atoms with Gasteiger partial charge in [-0.05, 0) is 13.3 Å². The van der Waals surface area contributed by atoms with Crippen LogP contribution in [0, 0.1) is 0 Å². The van der Waals surface area contributed by atoms with Crippen molar-refractivity contribution in [2.75, 3.05) is 6.54 Å². The molecule has 0 aliphatic carbocycles. The summed E-state index contributed by atoms with van der Waals surface area (Å²) in [7, 11) is 0. The van der Waals surface area contributed by atoms with Crippen molar-refractivity contribution < 1.29 is 29.4 Å². The fourth-order valence-electron chi connectivity index (χ4n) is 1.89. The molecule has 1 heterocycles. The second kappa shape index (κ2) is 6.33. The highest BCUT2D eigenvalue weighted by atomic mass is 16.4.